The lowest BCUT2D eigenvalue weighted by Gasteiger charge is -2.09. The zero-order valence-corrected chi connectivity index (χ0v) is 14.7. The first kappa shape index (κ1) is 15.8. The number of sulfonamides is 1. The number of aromatic amines is 1. The SMILES string of the molecule is [2H]C([2H])(c1cnc(NS(=O)(=O)c2cc3ccc(Cl)cc3[nH]2)nc1OC)C(F)F. The number of rotatable bonds is 6. The summed E-state index contributed by atoms with van der Waals surface area (Å²) in [5, 5.41) is 0.825. The number of methoxy groups -OCH3 is 1. The van der Waals surface area contributed by atoms with Crippen LogP contribution in [0.15, 0.2) is 35.5 Å². The van der Waals surface area contributed by atoms with Crippen LogP contribution in [0.25, 0.3) is 10.9 Å². The molecule has 7 nitrogen and oxygen atoms in total. The van der Waals surface area contributed by atoms with Gasteiger partial charge in [0.1, 0.15) is 0 Å². The van der Waals surface area contributed by atoms with Crippen molar-refractivity contribution in [1.29, 1.82) is 0 Å². The second kappa shape index (κ2) is 7.04. The molecule has 3 rings (SSSR count). The third kappa shape index (κ3) is 3.86. The largest absolute Gasteiger partial charge is 0.481 e. The molecular formula is C15H13ClF2N4O3S. The number of nitrogens with one attached hydrogen (secondary N) is 2. The summed E-state index contributed by atoms with van der Waals surface area (Å²) < 4.78 is 72.7. The fourth-order valence-corrected chi connectivity index (χ4v) is 3.33. The Kier molecular flexibility index (Phi) is 4.27. The lowest BCUT2D eigenvalue weighted by molar-refractivity contribution is 0.147. The minimum atomic E-state index is -4.15. The molecule has 0 aliphatic rings. The average molecular weight is 405 g/mol. The Morgan fingerprint density at radius 1 is 1.42 bits per heavy atom. The van der Waals surface area contributed by atoms with Crippen molar-refractivity contribution < 1.29 is 24.7 Å². The van der Waals surface area contributed by atoms with E-state index in [1.807, 2.05) is 0 Å². The number of anilines is 1. The summed E-state index contributed by atoms with van der Waals surface area (Å²) in [6.07, 6.45) is -5.68. The molecule has 0 atom stereocenters. The van der Waals surface area contributed by atoms with Crippen LogP contribution in [0.1, 0.15) is 8.30 Å². The fourth-order valence-electron chi connectivity index (χ4n) is 2.18. The Morgan fingerprint density at radius 2 is 2.19 bits per heavy atom. The van der Waals surface area contributed by atoms with Crippen molar-refractivity contribution in [2.45, 2.75) is 17.8 Å². The molecule has 0 fully saturated rings. The van der Waals surface area contributed by atoms with Crippen LogP contribution in [0.4, 0.5) is 14.7 Å². The lowest BCUT2D eigenvalue weighted by Crippen LogP contribution is -2.16. The molecule has 11 heteroatoms. The van der Waals surface area contributed by atoms with Crippen LogP contribution in [-0.2, 0) is 16.4 Å². The number of hydrogen-bond acceptors (Lipinski definition) is 5. The zero-order valence-electron chi connectivity index (χ0n) is 15.1. The summed E-state index contributed by atoms with van der Waals surface area (Å²) in [6.45, 7) is 0. The number of hydrogen-bond donors (Lipinski definition) is 2. The van der Waals surface area contributed by atoms with Crippen molar-refractivity contribution in [1.82, 2.24) is 15.0 Å². The number of alkyl halides is 2. The molecule has 2 N–H and O–H groups in total. The normalized spacial score (nSPS) is 13.6. The number of benzene rings is 1. The molecule has 0 aliphatic carbocycles. The highest BCUT2D eigenvalue weighted by molar-refractivity contribution is 7.92. The first-order valence-electron chi connectivity index (χ1n) is 8.05. The second-order valence-corrected chi connectivity index (χ2v) is 7.12. The number of ether oxygens (including phenoxy) is 1. The maximum atomic E-state index is 12.9. The second-order valence-electron chi connectivity index (χ2n) is 5.03. The van der Waals surface area contributed by atoms with Crippen LogP contribution in [-0.4, -0.2) is 36.9 Å². The van der Waals surface area contributed by atoms with Crippen molar-refractivity contribution in [3.05, 3.63) is 41.0 Å². The van der Waals surface area contributed by atoms with Gasteiger partial charge in [0.2, 0.25) is 18.3 Å². The van der Waals surface area contributed by atoms with E-state index < -0.39 is 40.2 Å². The van der Waals surface area contributed by atoms with E-state index in [2.05, 4.69) is 19.7 Å². The molecule has 0 amide bonds. The van der Waals surface area contributed by atoms with E-state index in [9.17, 15) is 17.2 Å². The van der Waals surface area contributed by atoms with Crippen LogP contribution < -0.4 is 9.46 Å². The van der Waals surface area contributed by atoms with E-state index in [0.717, 1.165) is 13.3 Å². The van der Waals surface area contributed by atoms with Crippen LogP contribution in [0, 0.1) is 0 Å². The Morgan fingerprint density at radius 3 is 2.88 bits per heavy atom. The molecule has 138 valence electrons. The van der Waals surface area contributed by atoms with Gasteiger partial charge in [-0.1, -0.05) is 17.7 Å². The highest BCUT2D eigenvalue weighted by atomic mass is 35.5. The lowest BCUT2D eigenvalue weighted by atomic mass is 10.2. The quantitative estimate of drug-likeness (QED) is 0.657. The highest BCUT2D eigenvalue weighted by Gasteiger charge is 2.20. The van der Waals surface area contributed by atoms with E-state index in [4.69, 9.17) is 19.1 Å². The molecule has 0 spiro atoms. The van der Waals surface area contributed by atoms with Gasteiger partial charge in [-0.05, 0) is 18.2 Å². The van der Waals surface area contributed by atoms with E-state index >= 15 is 0 Å². The summed E-state index contributed by atoms with van der Waals surface area (Å²) in [7, 11) is -3.06. The van der Waals surface area contributed by atoms with Gasteiger partial charge in [-0.25, -0.2) is 18.5 Å². The van der Waals surface area contributed by atoms with Gasteiger partial charge in [0.05, 0.1) is 7.11 Å². The van der Waals surface area contributed by atoms with Gasteiger partial charge in [-0.3, -0.25) is 0 Å². The van der Waals surface area contributed by atoms with Gasteiger partial charge in [0.15, 0.2) is 5.03 Å². The predicted molar refractivity (Wildman–Crippen MR) is 92.4 cm³/mol. The molecule has 2 heterocycles. The van der Waals surface area contributed by atoms with Crippen LogP contribution in [0.5, 0.6) is 5.88 Å². The Labute approximate surface area is 155 Å². The number of fused-ring (bicyclic) bond motifs is 1. The molecule has 1 aromatic carbocycles. The molecule has 0 bridgehead atoms. The van der Waals surface area contributed by atoms with E-state index in [-0.39, 0.29) is 5.03 Å². The van der Waals surface area contributed by atoms with Crippen LogP contribution >= 0.6 is 11.6 Å². The third-order valence-electron chi connectivity index (χ3n) is 3.29. The molecule has 0 saturated carbocycles. The molecular weight excluding hydrogens is 390 g/mol. The number of halogens is 3. The number of aromatic nitrogens is 3. The summed E-state index contributed by atoms with van der Waals surface area (Å²) in [6, 6.07) is 6.16. The molecule has 0 aliphatic heterocycles. The molecule has 0 radical (unpaired) electrons. The van der Waals surface area contributed by atoms with Gasteiger partial charge >= 0.3 is 0 Å². The van der Waals surface area contributed by atoms with Crippen molar-refractivity contribution in [2.75, 3.05) is 11.8 Å². The molecule has 0 unspecified atom stereocenters. The van der Waals surface area contributed by atoms with Crippen molar-refractivity contribution in [3.8, 4) is 5.88 Å². The van der Waals surface area contributed by atoms with Gasteiger partial charge < -0.3 is 9.72 Å². The minimum Gasteiger partial charge on any atom is -0.481 e. The Balaban J connectivity index is 1.95. The van der Waals surface area contributed by atoms with Crippen molar-refractivity contribution in [2.24, 2.45) is 0 Å². The minimum absolute atomic E-state index is 0.195. The summed E-state index contributed by atoms with van der Waals surface area (Å²) in [4.78, 5) is 10.0. The molecule has 3 aromatic rings. The molecule has 0 saturated heterocycles. The maximum Gasteiger partial charge on any atom is 0.279 e. The van der Waals surface area contributed by atoms with E-state index in [1.165, 1.54) is 6.07 Å². The monoisotopic (exact) mass is 404 g/mol. The highest BCUT2D eigenvalue weighted by Crippen LogP contribution is 2.24. The first-order valence-corrected chi connectivity index (χ1v) is 8.91. The summed E-state index contributed by atoms with van der Waals surface area (Å²) in [5.41, 5.74) is -0.111. The van der Waals surface area contributed by atoms with Crippen molar-refractivity contribution in [3.63, 3.8) is 0 Å². The zero-order chi connectivity index (χ0) is 20.7. The first-order chi connectivity index (χ1) is 13.0. The Bertz CT molecular complexity index is 1140. The van der Waals surface area contributed by atoms with Gasteiger partial charge in [0, 0.05) is 36.8 Å². The predicted octanol–water partition coefficient (Wildman–Crippen LogP) is 3.23. The maximum absolute atomic E-state index is 12.9. The van der Waals surface area contributed by atoms with E-state index in [1.54, 1.807) is 18.2 Å². The van der Waals surface area contributed by atoms with Gasteiger partial charge in [0.25, 0.3) is 10.0 Å². The number of nitrogens with zero attached hydrogens (tertiary/aromatic N) is 2. The molecule has 26 heavy (non-hydrogen) atoms. The van der Waals surface area contributed by atoms with Gasteiger partial charge in [-0.15, -0.1) is 0 Å². The standard InChI is InChI=1S/C15H13ClF2N4O3S/c1-25-14-9(4-12(17)18)7-19-15(21-14)22-26(23,24)13-5-8-2-3-10(16)6-11(8)20-13/h2-3,5-7,12,20H,4H2,1H3,(H,19,21,22)/i4D2. The topological polar surface area (TPSA) is 97.0 Å². The third-order valence-corrected chi connectivity index (χ3v) is 4.77. The van der Waals surface area contributed by atoms with Gasteiger partial charge in [-0.2, -0.15) is 13.4 Å². The average Bonchev–Trinajstić information content (AvgIpc) is 3.05. The van der Waals surface area contributed by atoms with Crippen LogP contribution in [0.2, 0.25) is 5.02 Å². The summed E-state index contributed by atoms with van der Waals surface area (Å²) >= 11 is 5.88. The fraction of sp³-hybridized carbons (Fsp3) is 0.200. The Hall–Kier alpha value is -2.46. The molecule has 2 aromatic heterocycles. The number of H-pyrrole nitrogens is 1. The summed E-state index contributed by atoms with van der Waals surface area (Å²) in [5.74, 6) is -0.983. The smallest absolute Gasteiger partial charge is 0.279 e. The van der Waals surface area contributed by atoms with Crippen LogP contribution in [0.3, 0.4) is 0 Å². The van der Waals surface area contributed by atoms with Crippen molar-refractivity contribution >= 4 is 38.5 Å². The van der Waals surface area contributed by atoms with E-state index in [0.29, 0.717) is 15.9 Å².